The number of allylic oxidation sites excluding steroid dienone is 1. The molecule has 8 nitrogen and oxygen atoms in total. The Balaban J connectivity index is 1.55. The van der Waals surface area contributed by atoms with Crippen molar-refractivity contribution in [1.29, 1.82) is 0 Å². The molecular formula is C28H30O8. The molecule has 36 heavy (non-hydrogen) atoms. The second-order valence-corrected chi connectivity index (χ2v) is 9.40. The Morgan fingerprint density at radius 3 is 2.53 bits per heavy atom. The van der Waals surface area contributed by atoms with Crippen molar-refractivity contribution in [2.75, 3.05) is 7.11 Å². The van der Waals surface area contributed by atoms with E-state index in [2.05, 4.69) is 0 Å². The van der Waals surface area contributed by atoms with Gasteiger partial charge in [-0.05, 0) is 50.6 Å². The van der Waals surface area contributed by atoms with Gasteiger partial charge in [0.1, 0.15) is 29.6 Å². The zero-order valence-corrected chi connectivity index (χ0v) is 20.6. The molecule has 4 rings (SSSR count). The highest BCUT2D eigenvalue weighted by Crippen LogP contribution is 2.34. The molecule has 2 heterocycles. The van der Waals surface area contributed by atoms with Gasteiger partial charge in [0.2, 0.25) is 6.29 Å². The molecule has 0 saturated carbocycles. The zero-order chi connectivity index (χ0) is 26.0. The smallest absolute Gasteiger partial charge is 0.339 e. The number of carbonyl (C=O) groups excluding carboxylic acids is 1. The summed E-state index contributed by atoms with van der Waals surface area (Å²) in [5.74, 6) is 0.101. The van der Waals surface area contributed by atoms with E-state index in [0.29, 0.717) is 22.3 Å². The van der Waals surface area contributed by atoms with E-state index in [1.165, 1.54) is 13.2 Å². The third-order valence-corrected chi connectivity index (χ3v) is 6.34. The molecule has 1 saturated heterocycles. The average molecular weight is 495 g/mol. The molecule has 0 spiro atoms. The number of hydrogen-bond acceptors (Lipinski definition) is 8. The van der Waals surface area contributed by atoms with E-state index in [1.807, 2.05) is 30.3 Å². The van der Waals surface area contributed by atoms with E-state index in [4.69, 9.17) is 18.6 Å². The first-order chi connectivity index (χ1) is 17.1. The van der Waals surface area contributed by atoms with Crippen LogP contribution in [0.15, 0.2) is 63.8 Å². The number of methoxy groups -OCH3 is 1. The maximum absolute atomic E-state index is 12.7. The van der Waals surface area contributed by atoms with E-state index < -0.39 is 35.8 Å². The van der Waals surface area contributed by atoms with Gasteiger partial charge in [-0.2, -0.15) is 0 Å². The molecule has 2 N–H and O–H groups in total. The highest BCUT2D eigenvalue weighted by molar-refractivity contribution is 5.95. The number of benzene rings is 2. The van der Waals surface area contributed by atoms with Gasteiger partial charge in [0.15, 0.2) is 5.78 Å². The molecule has 2 aromatic carbocycles. The van der Waals surface area contributed by atoms with Crippen LogP contribution in [0.4, 0.5) is 0 Å². The number of aliphatic hydroxyl groups excluding tert-OH is 2. The van der Waals surface area contributed by atoms with Gasteiger partial charge in [0.05, 0.1) is 5.60 Å². The van der Waals surface area contributed by atoms with E-state index in [0.717, 1.165) is 5.56 Å². The predicted octanol–water partition coefficient (Wildman–Crippen LogP) is 3.18. The molecule has 4 atom stereocenters. The first-order valence-electron chi connectivity index (χ1n) is 11.7. The minimum atomic E-state index is -1.36. The van der Waals surface area contributed by atoms with Crippen LogP contribution < -0.4 is 10.4 Å². The van der Waals surface area contributed by atoms with E-state index in [9.17, 15) is 19.8 Å². The van der Waals surface area contributed by atoms with Crippen LogP contribution in [0.3, 0.4) is 0 Å². The number of hydrogen-bond donors (Lipinski definition) is 2. The zero-order valence-electron chi connectivity index (χ0n) is 20.6. The monoisotopic (exact) mass is 494 g/mol. The van der Waals surface area contributed by atoms with Crippen LogP contribution in [0.2, 0.25) is 0 Å². The summed E-state index contributed by atoms with van der Waals surface area (Å²) in [7, 11) is 1.43. The van der Waals surface area contributed by atoms with Crippen molar-refractivity contribution >= 4 is 22.8 Å². The third-order valence-electron chi connectivity index (χ3n) is 6.34. The summed E-state index contributed by atoms with van der Waals surface area (Å²) in [6.07, 6.45) is -1.44. The Hall–Kier alpha value is -3.30. The second-order valence-electron chi connectivity index (χ2n) is 9.40. The fourth-order valence-electron chi connectivity index (χ4n) is 4.43. The number of aryl methyl sites for hydroxylation is 1. The van der Waals surface area contributed by atoms with Gasteiger partial charge in [-0.25, -0.2) is 4.79 Å². The summed E-state index contributed by atoms with van der Waals surface area (Å²) in [6.45, 7) is 5.18. The number of ether oxygens (including phenoxy) is 3. The molecule has 1 fully saturated rings. The molecule has 1 aliphatic heterocycles. The number of rotatable bonds is 7. The van der Waals surface area contributed by atoms with Crippen molar-refractivity contribution < 1.29 is 33.6 Å². The topological polar surface area (TPSA) is 115 Å². The molecule has 3 aromatic rings. The summed E-state index contributed by atoms with van der Waals surface area (Å²) in [5.41, 5.74) is 0.417. The Labute approximate surface area is 208 Å². The van der Waals surface area contributed by atoms with E-state index in [1.54, 1.807) is 45.0 Å². The van der Waals surface area contributed by atoms with Gasteiger partial charge >= 0.3 is 5.63 Å². The quantitative estimate of drug-likeness (QED) is 0.380. The van der Waals surface area contributed by atoms with E-state index >= 15 is 0 Å². The van der Waals surface area contributed by atoms with E-state index in [-0.39, 0.29) is 17.8 Å². The van der Waals surface area contributed by atoms with Crippen LogP contribution in [0.1, 0.15) is 30.5 Å². The Morgan fingerprint density at radius 1 is 1.11 bits per heavy atom. The highest BCUT2D eigenvalue weighted by Gasteiger charge is 2.50. The van der Waals surface area contributed by atoms with Crippen LogP contribution in [-0.2, 0) is 20.7 Å². The summed E-state index contributed by atoms with van der Waals surface area (Å²) >= 11 is 0. The summed E-state index contributed by atoms with van der Waals surface area (Å²) in [6, 6.07) is 14.4. The Bertz CT molecular complexity index is 1320. The minimum Gasteiger partial charge on any atom is -0.462 e. The number of fused-ring (bicyclic) bond motifs is 1. The lowest BCUT2D eigenvalue weighted by atomic mass is 9.89. The summed E-state index contributed by atoms with van der Waals surface area (Å²) in [5, 5.41) is 21.6. The first-order valence-corrected chi connectivity index (χ1v) is 11.7. The van der Waals surface area contributed by atoms with Gasteiger partial charge in [0.25, 0.3) is 0 Å². The lowest BCUT2D eigenvalue weighted by Gasteiger charge is -2.46. The lowest BCUT2D eigenvalue weighted by molar-refractivity contribution is -0.306. The SMILES string of the molecule is CO[C@@H]1[C@@H](O)[C@@H](O)[C@H](Oc2ccc3cc(CC(=O)/C=C/c4ccccc4)c(=O)oc3c2C)OC1(C)C. The molecule has 0 amide bonds. The van der Waals surface area contributed by atoms with Crippen LogP contribution in [-0.4, -0.2) is 53.3 Å². The fraction of sp³-hybridized carbons (Fsp3) is 0.357. The fourth-order valence-corrected chi connectivity index (χ4v) is 4.43. The van der Waals surface area contributed by atoms with Crippen molar-refractivity contribution in [2.45, 2.75) is 57.4 Å². The Kier molecular flexibility index (Phi) is 7.42. The minimum absolute atomic E-state index is 0.0886. The van der Waals surface area contributed by atoms with Crippen LogP contribution in [0.5, 0.6) is 5.75 Å². The molecule has 1 aromatic heterocycles. The van der Waals surface area contributed by atoms with Crippen molar-refractivity contribution in [3.63, 3.8) is 0 Å². The molecule has 0 aliphatic carbocycles. The molecule has 1 aliphatic rings. The Morgan fingerprint density at radius 2 is 1.83 bits per heavy atom. The molecular weight excluding hydrogens is 464 g/mol. The molecule has 8 heteroatoms. The highest BCUT2D eigenvalue weighted by atomic mass is 16.7. The van der Waals surface area contributed by atoms with Crippen molar-refractivity contribution in [1.82, 2.24) is 0 Å². The first kappa shape index (κ1) is 25.8. The lowest BCUT2D eigenvalue weighted by Crippen LogP contribution is -2.63. The van der Waals surface area contributed by atoms with Gasteiger partial charge in [-0.1, -0.05) is 36.4 Å². The van der Waals surface area contributed by atoms with Gasteiger partial charge in [-0.15, -0.1) is 0 Å². The van der Waals surface area contributed by atoms with Gasteiger partial charge in [-0.3, -0.25) is 4.79 Å². The number of ketones is 1. The molecule has 0 bridgehead atoms. The molecule has 0 unspecified atom stereocenters. The molecule has 0 radical (unpaired) electrons. The normalized spacial score (nSPS) is 23.7. The standard InChI is InChI=1S/C28H30O8/c1-16-21(34-27-23(31)22(30)25(33-4)28(2,3)36-27)13-11-18-14-19(26(32)35-24(16)18)15-20(29)12-10-17-8-6-5-7-9-17/h5-14,22-23,25,27,30-31H,15H2,1-4H3/b12-10+/t22-,23+,25+,27+/m0/s1. The second kappa shape index (κ2) is 10.4. The van der Waals surface area contributed by atoms with Crippen molar-refractivity contribution in [3.05, 3.63) is 81.7 Å². The average Bonchev–Trinajstić information content (AvgIpc) is 2.84. The van der Waals surface area contributed by atoms with Crippen LogP contribution >= 0.6 is 0 Å². The van der Waals surface area contributed by atoms with Crippen molar-refractivity contribution in [2.24, 2.45) is 0 Å². The van der Waals surface area contributed by atoms with Crippen LogP contribution in [0.25, 0.3) is 17.0 Å². The third kappa shape index (κ3) is 5.27. The van der Waals surface area contributed by atoms with Crippen molar-refractivity contribution in [3.8, 4) is 5.75 Å². The number of carbonyl (C=O) groups is 1. The predicted molar refractivity (Wildman–Crippen MR) is 134 cm³/mol. The number of aliphatic hydroxyl groups is 2. The summed E-state index contributed by atoms with van der Waals surface area (Å²) < 4.78 is 22.6. The van der Waals surface area contributed by atoms with Crippen LogP contribution in [0, 0.1) is 6.92 Å². The maximum atomic E-state index is 12.7. The molecule has 190 valence electrons. The van der Waals surface area contributed by atoms with Gasteiger partial charge < -0.3 is 28.8 Å². The maximum Gasteiger partial charge on any atom is 0.339 e. The largest absolute Gasteiger partial charge is 0.462 e. The summed E-state index contributed by atoms with van der Waals surface area (Å²) in [4.78, 5) is 25.1. The van der Waals surface area contributed by atoms with Gasteiger partial charge in [0, 0.05) is 30.0 Å².